The van der Waals surface area contributed by atoms with Crippen LogP contribution in [0.2, 0.25) is 5.02 Å². The zero-order valence-electron chi connectivity index (χ0n) is 15.3. The van der Waals surface area contributed by atoms with Gasteiger partial charge in [0.05, 0.1) is 6.10 Å². The SMILES string of the molecule is CN=C(NCCc1cccc(Cl)c1)NCc1ccc(OC(C)C)nc1.I. The maximum Gasteiger partial charge on any atom is 0.213 e. The zero-order chi connectivity index (χ0) is 18.1. The average Bonchev–Trinajstić information content (AvgIpc) is 2.59. The van der Waals surface area contributed by atoms with E-state index in [0.29, 0.717) is 12.4 Å². The first-order valence-corrected chi connectivity index (χ1v) is 8.75. The highest BCUT2D eigenvalue weighted by molar-refractivity contribution is 14.0. The van der Waals surface area contributed by atoms with Crippen LogP contribution >= 0.6 is 35.6 Å². The third-order valence-corrected chi connectivity index (χ3v) is 3.67. The van der Waals surface area contributed by atoms with Gasteiger partial charge in [0.15, 0.2) is 5.96 Å². The minimum atomic E-state index is 0. The quantitative estimate of drug-likeness (QED) is 0.351. The summed E-state index contributed by atoms with van der Waals surface area (Å²) in [6.45, 7) is 5.39. The van der Waals surface area contributed by atoms with E-state index < -0.39 is 0 Å². The second kappa shape index (κ2) is 12.0. The maximum atomic E-state index is 6.00. The number of benzene rings is 1. The molecule has 0 bridgehead atoms. The second-order valence-corrected chi connectivity index (χ2v) is 6.34. The Morgan fingerprint density at radius 3 is 2.62 bits per heavy atom. The monoisotopic (exact) mass is 488 g/mol. The Morgan fingerprint density at radius 2 is 2.00 bits per heavy atom. The van der Waals surface area contributed by atoms with E-state index in [0.717, 1.165) is 29.5 Å². The lowest BCUT2D eigenvalue weighted by Gasteiger charge is -2.13. The molecule has 0 aliphatic rings. The Morgan fingerprint density at radius 1 is 1.19 bits per heavy atom. The van der Waals surface area contributed by atoms with E-state index in [4.69, 9.17) is 16.3 Å². The summed E-state index contributed by atoms with van der Waals surface area (Å²) in [5.41, 5.74) is 2.26. The van der Waals surface area contributed by atoms with Crippen molar-refractivity contribution in [2.45, 2.75) is 32.9 Å². The van der Waals surface area contributed by atoms with Crippen molar-refractivity contribution < 1.29 is 4.74 Å². The molecule has 0 atom stereocenters. The number of ether oxygens (including phenoxy) is 1. The minimum Gasteiger partial charge on any atom is -0.475 e. The second-order valence-electron chi connectivity index (χ2n) is 5.90. The van der Waals surface area contributed by atoms with Crippen LogP contribution < -0.4 is 15.4 Å². The highest BCUT2D eigenvalue weighted by Gasteiger charge is 2.02. The van der Waals surface area contributed by atoms with Crippen LogP contribution in [0.4, 0.5) is 0 Å². The van der Waals surface area contributed by atoms with Crippen LogP contribution in [0.5, 0.6) is 5.88 Å². The zero-order valence-corrected chi connectivity index (χ0v) is 18.4. The van der Waals surface area contributed by atoms with Gasteiger partial charge in [-0.05, 0) is 43.5 Å². The summed E-state index contributed by atoms with van der Waals surface area (Å²) in [6, 6.07) is 11.8. The highest BCUT2D eigenvalue weighted by Crippen LogP contribution is 2.11. The van der Waals surface area contributed by atoms with Gasteiger partial charge in [-0.1, -0.05) is 29.8 Å². The molecule has 0 aliphatic carbocycles. The summed E-state index contributed by atoms with van der Waals surface area (Å²) < 4.78 is 5.54. The smallest absolute Gasteiger partial charge is 0.213 e. The first-order valence-electron chi connectivity index (χ1n) is 8.37. The van der Waals surface area contributed by atoms with Gasteiger partial charge in [0.1, 0.15) is 0 Å². The molecule has 0 spiro atoms. The molecule has 26 heavy (non-hydrogen) atoms. The summed E-state index contributed by atoms with van der Waals surface area (Å²) in [5.74, 6) is 1.40. The minimum absolute atomic E-state index is 0. The Bertz CT molecular complexity index is 692. The van der Waals surface area contributed by atoms with Crippen molar-refractivity contribution in [1.82, 2.24) is 15.6 Å². The number of aromatic nitrogens is 1. The standard InChI is InChI=1S/C19H25ClN4O.HI/c1-14(2)25-18-8-7-16(12-23-18)13-24-19(21-3)22-10-9-15-5-4-6-17(20)11-15;/h4-8,11-12,14H,9-10,13H2,1-3H3,(H2,21,22,24);1H. The van der Waals surface area contributed by atoms with E-state index >= 15 is 0 Å². The van der Waals surface area contributed by atoms with Crippen LogP contribution in [-0.2, 0) is 13.0 Å². The summed E-state index contributed by atoms with van der Waals surface area (Å²) in [4.78, 5) is 8.53. The summed E-state index contributed by atoms with van der Waals surface area (Å²) in [6.07, 6.45) is 2.81. The molecular formula is C19H26ClIN4O. The molecule has 0 amide bonds. The van der Waals surface area contributed by atoms with Gasteiger partial charge in [-0.2, -0.15) is 0 Å². The number of hydrogen-bond acceptors (Lipinski definition) is 3. The Balaban J connectivity index is 0.00000338. The third kappa shape index (κ3) is 8.23. The van der Waals surface area contributed by atoms with Crippen LogP contribution in [0.1, 0.15) is 25.0 Å². The van der Waals surface area contributed by atoms with E-state index in [9.17, 15) is 0 Å². The number of hydrogen-bond donors (Lipinski definition) is 2. The molecule has 142 valence electrons. The van der Waals surface area contributed by atoms with Gasteiger partial charge < -0.3 is 15.4 Å². The number of pyridine rings is 1. The van der Waals surface area contributed by atoms with Crippen molar-refractivity contribution in [2.75, 3.05) is 13.6 Å². The van der Waals surface area contributed by atoms with Gasteiger partial charge in [0, 0.05) is 37.4 Å². The lowest BCUT2D eigenvalue weighted by atomic mass is 10.1. The van der Waals surface area contributed by atoms with Crippen LogP contribution in [0, 0.1) is 0 Å². The summed E-state index contributed by atoms with van der Waals surface area (Å²) in [5, 5.41) is 7.33. The number of aliphatic imine (C=N–C) groups is 1. The van der Waals surface area contributed by atoms with Crippen molar-refractivity contribution in [2.24, 2.45) is 4.99 Å². The first kappa shape index (κ1) is 22.5. The molecule has 5 nitrogen and oxygen atoms in total. The van der Waals surface area contributed by atoms with E-state index in [-0.39, 0.29) is 30.1 Å². The normalized spacial score (nSPS) is 11.0. The molecule has 0 saturated heterocycles. The van der Waals surface area contributed by atoms with Crippen LogP contribution in [0.15, 0.2) is 47.6 Å². The molecule has 2 N–H and O–H groups in total. The van der Waals surface area contributed by atoms with Crippen molar-refractivity contribution >= 4 is 41.5 Å². The first-order chi connectivity index (χ1) is 12.1. The lowest BCUT2D eigenvalue weighted by molar-refractivity contribution is 0.232. The van der Waals surface area contributed by atoms with Crippen LogP contribution in [0.3, 0.4) is 0 Å². The predicted octanol–water partition coefficient (Wildman–Crippen LogP) is 4.05. The number of nitrogens with zero attached hydrogens (tertiary/aromatic N) is 2. The topological polar surface area (TPSA) is 58.5 Å². The number of guanidine groups is 1. The molecule has 0 aliphatic heterocycles. The molecule has 2 aromatic rings. The van der Waals surface area contributed by atoms with Crippen molar-refractivity contribution in [3.8, 4) is 5.88 Å². The molecule has 1 aromatic heterocycles. The van der Waals surface area contributed by atoms with E-state index in [1.165, 1.54) is 5.56 Å². The Labute approximate surface area is 177 Å². The number of rotatable bonds is 7. The lowest BCUT2D eigenvalue weighted by Crippen LogP contribution is -2.37. The summed E-state index contributed by atoms with van der Waals surface area (Å²) >= 11 is 6.00. The summed E-state index contributed by atoms with van der Waals surface area (Å²) in [7, 11) is 1.76. The van der Waals surface area contributed by atoms with E-state index in [2.05, 4.69) is 26.7 Å². The van der Waals surface area contributed by atoms with E-state index in [1.807, 2.05) is 50.4 Å². The van der Waals surface area contributed by atoms with Gasteiger partial charge in [-0.3, -0.25) is 4.99 Å². The Kier molecular flexibility index (Phi) is 10.3. The van der Waals surface area contributed by atoms with Crippen LogP contribution in [-0.4, -0.2) is 30.6 Å². The molecular weight excluding hydrogens is 463 g/mol. The Hall–Kier alpha value is -1.54. The number of halogens is 2. The van der Waals surface area contributed by atoms with Gasteiger partial charge in [-0.25, -0.2) is 4.98 Å². The molecule has 1 aromatic carbocycles. The van der Waals surface area contributed by atoms with Gasteiger partial charge in [-0.15, -0.1) is 24.0 Å². The van der Waals surface area contributed by atoms with E-state index in [1.54, 1.807) is 7.05 Å². The van der Waals surface area contributed by atoms with Crippen molar-refractivity contribution in [3.63, 3.8) is 0 Å². The fraction of sp³-hybridized carbons (Fsp3) is 0.368. The molecule has 0 saturated carbocycles. The van der Waals surface area contributed by atoms with Gasteiger partial charge in [0.2, 0.25) is 5.88 Å². The molecule has 1 heterocycles. The fourth-order valence-corrected chi connectivity index (χ4v) is 2.46. The molecule has 2 rings (SSSR count). The van der Waals surface area contributed by atoms with Crippen LogP contribution in [0.25, 0.3) is 0 Å². The van der Waals surface area contributed by atoms with Gasteiger partial charge >= 0.3 is 0 Å². The molecule has 0 unspecified atom stereocenters. The largest absolute Gasteiger partial charge is 0.475 e. The number of nitrogens with one attached hydrogen (secondary N) is 2. The fourth-order valence-electron chi connectivity index (χ4n) is 2.25. The molecule has 0 radical (unpaired) electrons. The third-order valence-electron chi connectivity index (χ3n) is 3.43. The van der Waals surface area contributed by atoms with Crippen molar-refractivity contribution in [1.29, 1.82) is 0 Å². The maximum absolute atomic E-state index is 6.00. The predicted molar refractivity (Wildman–Crippen MR) is 119 cm³/mol. The molecule has 0 fully saturated rings. The average molecular weight is 489 g/mol. The molecule has 7 heteroatoms. The van der Waals surface area contributed by atoms with Crippen molar-refractivity contribution in [3.05, 3.63) is 58.7 Å². The highest BCUT2D eigenvalue weighted by atomic mass is 127. The van der Waals surface area contributed by atoms with Gasteiger partial charge in [0.25, 0.3) is 0 Å².